The van der Waals surface area contributed by atoms with Crippen LogP contribution >= 0.6 is 0 Å². The van der Waals surface area contributed by atoms with E-state index < -0.39 is 0 Å². The van der Waals surface area contributed by atoms with Crippen molar-refractivity contribution in [1.29, 1.82) is 0 Å². The van der Waals surface area contributed by atoms with E-state index in [4.69, 9.17) is 13.9 Å². The maximum Gasteiger partial charge on any atom is 0.163 e. The Balaban J connectivity index is 1.93. The van der Waals surface area contributed by atoms with Crippen molar-refractivity contribution in [2.45, 2.75) is 32.7 Å². The smallest absolute Gasteiger partial charge is 0.163 e. The molecule has 0 aliphatic rings. The second kappa shape index (κ2) is 7.62. The molecule has 114 valence electrons. The number of ether oxygens (including phenoxy) is 2. The second-order valence-electron chi connectivity index (χ2n) is 4.96. The number of hydrogen-bond acceptors (Lipinski definition) is 4. The largest absolute Gasteiger partial charge is 0.493 e. The summed E-state index contributed by atoms with van der Waals surface area (Å²) >= 11 is 0. The molecule has 4 heteroatoms. The number of furan rings is 1. The quantitative estimate of drug-likeness (QED) is 0.794. The van der Waals surface area contributed by atoms with Crippen LogP contribution in [0.4, 0.5) is 5.69 Å². The zero-order chi connectivity index (χ0) is 15.1. The van der Waals surface area contributed by atoms with Gasteiger partial charge >= 0.3 is 0 Å². The SMILES string of the molecule is CCOc1cc(NC(C)CCc2ccco2)ccc1OC. The van der Waals surface area contributed by atoms with Crippen LogP contribution < -0.4 is 14.8 Å². The van der Waals surface area contributed by atoms with E-state index in [1.165, 1.54) is 0 Å². The van der Waals surface area contributed by atoms with Crippen molar-refractivity contribution in [3.05, 3.63) is 42.4 Å². The van der Waals surface area contributed by atoms with Gasteiger partial charge in [0.2, 0.25) is 0 Å². The molecule has 0 amide bonds. The van der Waals surface area contributed by atoms with E-state index in [0.29, 0.717) is 12.6 Å². The van der Waals surface area contributed by atoms with Crippen molar-refractivity contribution in [3.8, 4) is 11.5 Å². The summed E-state index contributed by atoms with van der Waals surface area (Å²) in [7, 11) is 1.65. The highest BCUT2D eigenvalue weighted by Gasteiger charge is 2.08. The van der Waals surface area contributed by atoms with Gasteiger partial charge in [0, 0.05) is 24.2 Å². The zero-order valence-corrected chi connectivity index (χ0v) is 12.9. The van der Waals surface area contributed by atoms with Gasteiger partial charge in [-0.05, 0) is 44.5 Å². The van der Waals surface area contributed by atoms with Crippen molar-refractivity contribution in [1.82, 2.24) is 0 Å². The summed E-state index contributed by atoms with van der Waals surface area (Å²) in [6.45, 7) is 4.74. The molecule has 0 aliphatic heterocycles. The van der Waals surface area contributed by atoms with Gasteiger partial charge in [0.15, 0.2) is 11.5 Å². The van der Waals surface area contributed by atoms with Gasteiger partial charge in [-0.3, -0.25) is 0 Å². The fourth-order valence-electron chi connectivity index (χ4n) is 2.21. The lowest BCUT2D eigenvalue weighted by atomic mass is 10.1. The van der Waals surface area contributed by atoms with Crippen LogP contribution in [0.15, 0.2) is 41.0 Å². The van der Waals surface area contributed by atoms with Crippen molar-refractivity contribution < 1.29 is 13.9 Å². The molecule has 21 heavy (non-hydrogen) atoms. The topological polar surface area (TPSA) is 43.6 Å². The van der Waals surface area contributed by atoms with Gasteiger partial charge < -0.3 is 19.2 Å². The minimum absolute atomic E-state index is 0.345. The van der Waals surface area contributed by atoms with Gasteiger partial charge in [0.25, 0.3) is 0 Å². The van der Waals surface area contributed by atoms with Crippen LogP contribution in [0, 0.1) is 0 Å². The Morgan fingerprint density at radius 2 is 2.10 bits per heavy atom. The molecule has 1 atom stereocenters. The molecule has 0 saturated carbocycles. The molecular formula is C17H23NO3. The van der Waals surface area contributed by atoms with Crippen LogP contribution in [0.25, 0.3) is 0 Å². The van der Waals surface area contributed by atoms with E-state index in [9.17, 15) is 0 Å². The first kappa shape index (κ1) is 15.3. The highest BCUT2D eigenvalue weighted by atomic mass is 16.5. The predicted molar refractivity (Wildman–Crippen MR) is 84.3 cm³/mol. The van der Waals surface area contributed by atoms with Crippen LogP contribution in [0.1, 0.15) is 26.0 Å². The van der Waals surface area contributed by atoms with Crippen molar-refractivity contribution in [2.75, 3.05) is 19.0 Å². The van der Waals surface area contributed by atoms with E-state index in [2.05, 4.69) is 12.2 Å². The lowest BCUT2D eigenvalue weighted by Gasteiger charge is -2.17. The standard InChI is InChI=1S/C17H23NO3/c1-4-20-17-12-14(8-10-16(17)19-3)18-13(2)7-9-15-6-5-11-21-15/h5-6,8,10-13,18H,4,7,9H2,1-3H3. The fraction of sp³-hybridized carbons (Fsp3) is 0.412. The predicted octanol–water partition coefficient (Wildman–Crippen LogP) is 4.12. The van der Waals surface area contributed by atoms with E-state index in [-0.39, 0.29) is 0 Å². The third-order valence-corrected chi connectivity index (χ3v) is 3.28. The number of rotatable bonds is 8. The first-order valence-electron chi connectivity index (χ1n) is 7.32. The van der Waals surface area contributed by atoms with Crippen LogP contribution in [0.2, 0.25) is 0 Å². The minimum atomic E-state index is 0.345. The highest BCUT2D eigenvalue weighted by molar-refractivity contribution is 5.55. The molecule has 1 N–H and O–H groups in total. The lowest BCUT2D eigenvalue weighted by Crippen LogP contribution is -2.16. The van der Waals surface area contributed by atoms with Gasteiger partial charge in [-0.1, -0.05) is 0 Å². The first-order chi connectivity index (χ1) is 10.2. The second-order valence-corrected chi connectivity index (χ2v) is 4.96. The lowest BCUT2D eigenvalue weighted by molar-refractivity contribution is 0.311. The molecule has 1 aromatic heterocycles. The molecule has 4 nitrogen and oxygen atoms in total. The van der Waals surface area contributed by atoms with Crippen molar-refractivity contribution in [2.24, 2.45) is 0 Å². The number of anilines is 1. The molecule has 2 aromatic rings. The molecule has 0 saturated heterocycles. The molecule has 1 unspecified atom stereocenters. The molecule has 0 aliphatic carbocycles. The summed E-state index contributed by atoms with van der Waals surface area (Å²) in [4.78, 5) is 0. The maximum atomic E-state index is 5.59. The molecule has 1 aromatic carbocycles. The molecule has 0 bridgehead atoms. The van der Waals surface area contributed by atoms with Crippen molar-refractivity contribution >= 4 is 5.69 Å². The van der Waals surface area contributed by atoms with Gasteiger partial charge in [-0.2, -0.15) is 0 Å². The average molecular weight is 289 g/mol. The Morgan fingerprint density at radius 1 is 1.24 bits per heavy atom. The summed E-state index contributed by atoms with van der Waals surface area (Å²) in [5.41, 5.74) is 1.03. The molecule has 1 heterocycles. The Hall–Kier alpha value is -2.10. The summed E-state index contributed by atoms with van der Waals surface area (Å²) in [5, 5.41) is 3.48. The monoisotopic (exact) mass is 289 g/mol. The normalized spacial score (nSPS) is 12.0. The van der Waals surface area contributed by atoms with Gasteiger partial charge in [-0.25, -0.2) is 0 Å². The minimum Gasteiger partial charge on any atom is -0.493 e. The zero-order valence-electron chi connectivity index (χ0n) is 12.9. The number of methoxy groups -OCH3 is 1. The van der Waals surface area contributed by atoms with E-state index in [1.54, 1.807) is 13.4 Å². The number of nitrogens with one attached hydrogen (secondary N) is 1. The van der Waals surface area contributed by atoms with Crippen LogP contribution in [0.3, 0.4) is 0 Å². The number of hydrogen-bond donors (Lipinski definition) is 1. The first-order valence-corrected chi connectivity index (χ1v) is 7.32. The summed E-state index contributed by atoms with van der Waals surface area (Å²) in [5.74, 6) is 2.54. The Kier molecular flexibility index (Phi) is 5.55. The van der Waals surface area contributed by atoms with Gasteiger partial charge in [-0.15, -0.1) is 0 Å². The van der Waals surface area contributed by atoms with Crippen LogP contribution in [-0.2, 0) is 6.42 Å². The highest BCUT2D eigenvalue weighted by Crippen LogP contribution is 2.30. The van der Waals surface area contributed by atoms with E-state index in [1.807, 2.05) is 37.3 Å². The Labute approximate surface area is 126 Å². The average Bonchev–Trinajstić information content (AvgIpc) is 2.99. The third-order valence-electron chi connectivity index (χ3n) is 3.28. The summed E-state index contributed by atoms with van der Waals surface area (Å²) in [6, 6.07) is 10.2. The van der Waals surface area contributed by atoms with Crippen molar-refractivity contribution in [3.63, 3.8) is 0 Å². The Bertz CT molecular complexity index is 537. The van der Waals surface area contributed by atoms with E-state index >= 15 is 0 Å². The third kappa shape index (κ3) is 4.45. The molecule has 0 fully saturated rings. The Morgan fingerprint density at radius 3 is 2.76 bits per heavy atom. The number of benzene rings is 1. The molecule has 2 rings (SSSR count). The summed E-state index contributed by atoms with van der Waals surface area (Å²) < 4.78 is 16.2. The van der Waals surface area contributed by atoms with Crippen LogP contribution in [-0.4, -0.2) is 19.8 Å². The van der Waals surface area contributed by atoms with E-state index in [0.717, 1.165) is 35.8 Å². The van der Waals surface area contributed by atoms with Crippen LogP contribution in [0.5, 0.6) is 11.5 Å². The van der Waals surface area contributed by atoms with Gasteiger partial charge in [0.05, 0.1) is 20.0 Å². The molecule has 0 spiro atoms. The molecule has 0 radical (unpaired) electrons. The maximum absolute atomic E-state index is 5.59. The summed E-state index contributed by atoms with van der Waals surface area (Å²) in [6.07, 6.45) is 3.64. The van der Waals surface area contributed by atoms with Gasteiger partial charge in [0.1, 0.15) is 5.76 Å². The molecular weight excluding hydrogens is 266 g/mol. The number of aryl methyl sites for hydroxylation is 1. The fourth-order valence-corrected chi connectivity index (χ4v) is 2.21.